The van der Waals surface area contributed by atoms with Crippen molar-refractivity contribution in [1.82, 2.24) is 9.55 Å². The fourth-order valence-corrected chi connectivity index (χ4v) is 2.97. The van der Waals surface area contributed by atoms with Gasteiger partial charge in [-0.3, -0.25) is 0 Å². The summed E-state index contributed by atoms with van der Waals surface area (Å²) in [5.41, 5.74) is 2.21. The summed E-state index contributed by atoms with van der Waals surface area (Å²) in [6.45, 7) is 3.30. The Balaban J connectivity index is 2.39. The van der Waals surface area contributed by atoms with E-state index in [0.717, 1.165) is 11.3 Å². The lowest BCUT2D eigenvalue weighted by Gasteiger charge is -2.07. The Morgan fingerprint density at radius 3 is 2.50 bits per heavy atom. The van der Waals surface area contributed by atoms with E-state index in [1.54, 1.807) is 35.0 Å². The second-order valence-corrected chi connectivity index (χ2v) is 7.59. The molecule has 0 bridgehead atoms. The minimum absolute atomic E-state index is 0.252. The summed E-state index contributed by atoms with van der Waals surface area (Å²) in [6, 6.07) is 6.49. The van der Waals surface area contributed by atoms with Crippen molar-refractivity contribution in [2.75, 3.05) is 6.26 Å². The van der Waals surface area contributed by atoms with Crippen molar-refractivity contribution in [3.63, 3.8) is 0 Å². The van der Waals surface area contributed by atoms with Gasteiger partial charge in [0, 0.05) is 24.6 Å². The highest BCUT2D eigenvalue weighted by molar-refractivity contribution is 7.90. The molecule has 0 N–H and O–H groups in total. The van der Waals surface area contributed by atoms with Crippen LogP contribution in [0, 0.1) is 0 Å². The number of alkyl halides is 1. The zero-order chi connectivity index (χ0) is 17.7. The molecule has 0 saturated heterocycles. The van der Waals surface area contributed by atoms with Crippen LogP contribution in [0.1, 0.15) is 25.4 Å². The van der Waals surface area contributed by atoms with E-state index in [2.05, 4.69) is 4.98 Å². The largest absolute Gasteiger partial charge is 0.303 e. The van der Waals surface area contributed by atoms with Gasteiger partial charge in [-0.2, -0.15) is 0 Å². The van der Waals surface area contributed by atoms with Crippen molar-refractivity contribution in [1.29, 1.82) is 0 Å². The van der Waals surface area contributed by atoms with Crippen LogP contribution in [0.25, 0.3) is 5.69 Å². The van der Waals surface area contributed by atoms with Gasteiger partial charge in [-0.15, -0.1) is 0 Å². The number of rotatable bonds is 6. The molecule has 0 aliphatic heterocycles. The molecular weight excluding hydrogens is 327 g/mol. The Bertz CT molecular complexity index is 863. The van der Waals surface area contributed by atoms with E-state index in [1.165, 1.54) is 6.26 Å². The highest BCUT2D eigenvalue weighted by Gasteiger charge is 2.11. The van der Waals surface area contributed by atoms with Gasteiger partial charge >= 0.3 is 0 Å². The smallest absolute Gasteiger partial charge is 0.175 e. The maximum Gasteiger partial charge on any atom is 0.175 e. The molecule has 0 saturated carbocycles. The van der Waals surface area contributed by atoms with Crippen molar-refractivity contribution < 1.29 is 12.8 Å². The van der Waals surface area contributed by atoms with Gasteiger partial charge in [0.2, 0.25) is 0 Å². The summed E-state index contributed by atoms with van der Waals surface area (Å²) in [5, 5.41) is 0. The molecule has 2 aromatic rings. The molecule has 1 aromatic carbocycles. The fraction of sp³-hybridized carbons (Fsp3) is 0.278. The molecule has 1 heterocycles. The van der Waals surface area contributed by atoms with E-state index in [-0.39, 0.29) is 4.90 Å². The van der Waals surface area contributed by atoms with Crippen molar-refractivity contribution in [2.45, 2.75) is 31.8 Å². The first-order valence-electron chi connectivity index (χ1n) is 7.58. The van der Waals surface area contributed by atoms with Crippen LogP contribution in [-0.2, 0) is 22.9 Å². The monoisotopic (exact) mass is 348 g/mol. The molecule has 6 heteroatoms. The molecule has 4 nitrogen and oxygen atoms in total. The van der Waals surface area contributed by atoms with Crippen LogP contribution in [-0.4, -0.2) is 24.2 Å². The summed E-state index contributed by atoms with van der Waals surface area (Å²) in [5.74, 6) is 0.707. The first-order valence-corrected chi connectivity index (χ1v) is 9.47. The first-order chi connectivity index (χ1) is 11.3. The Morgan fingerprint density at radius 2 is 1.96 bits per heavy atom. The van der Waals surface area contributed by atoms with Crippen LogP contribution in [0.2, 0.25) is 0 Å². The van der Waals surface area contributed by atoms with E-state index in [4.69, 9.17) is 0 Å². The van der Waals surface area contributed by atoms with Gasteiger partial charge in [0.1, 0.15) is 12.5 Å². The molecule has 0 fully saturated rings. The third-order valence-electron chi connectivity index (χ3n) is 3.54. The highest BCUT2D eigenvalue weighted by Crippen LogP contribution is 2.18. The zero-order valence-corrected chi connectivity index (χ0v) is 14.8. The summed E-state index contributed by atoms with van der Waals surface area (Å²) in [7, 11) is -3.24. The zero-order valence-electron chi connectivity index (χ0n) is 14.0. The van der Waals surface area contributed by atoms with Crippen LogP contribution >= 0.6 is 0 Å². The predicted molar refractivity (Wildman–Crippen MR) is 93.8 cm³/mol. The Morgan fingerprint density at radius 1 is 1.29 bits per heavy atom. The number of halogens is 1. The van der Waals surface area contributed by atoms with Gasteiger partial charge in [-0.1, -0.05) is 23.8 Å². The van der Waals surface area contributed by atoms with E-state index in [1.807, 2.05) is 32.1 Å². The highest BCUT2D eigenvalue weighted by atomic mass is 32.2. The van der Waals surface area contributed by atoms with Gasteiger partial charge in [0.25, 0.3) is 0 Å². The maximum atomic E-state index is 13.0. The van der Waals surface area contributed by atoms with E-state index < -0.39 is 16.5 Å². The molecule has 0 radical (unpaired) electrons. The summed E-state index contributed by atoms with van der Waals surface area (Å²) < 4.78 is 37.9. The van der Waals surface area contributed by atoms with Crippen LogP contribution in [0.4, 0.5) is 4.39 Å². The average Bonchev–Trinajstić information content (AvgIpc) is 2.96. The quantitative estimate of drug-likeness (QED) is 0.746. The molecule has 0 amide bonds. The number of benzene rings is 1. The van der Waals surface area contributed by atoms with Crippen molar-refractivity contribution in [3.05, 3.63) is 65.8 Å². The van der Waals surface area contributed by atoms with Crippen molar-refractivity contribution in [2.24, 2.45) is 0 Å². The number of hydrogen-bond donors (Lipinski definition) is 0. The van der Waals surface area contributed by atoms with Gasteiger partial charge < -0.3 is 4.57 Å². The van der Waals surface area contributed by atoms with Crippen molar-refractivity contribution in [3.8, 4) is 5.69 Å². The standard InChI is InChI=1S/C18H21FN2O2S/c1-4-5-14(2)6-11-18-20-15(12-19)13-21(18)16-7-9-17(10-8-16)24(3,22)23/h4-10,13H,11-12H2,1-3H3/b5-4-,14-6-. The fourth-order valence-electron chi connectivity index (χ4n) is 2.34. The van der Waals surface area contributed by atoms with Crippen LogP contribution < -0.4 is 0 Å². The lowest BCUT2D eigenvalue weighted by molar-refractivity contribution is 0.477. The number of sulfone groups is 1. The molecule has 2 rings (SSSR count). The molecule has 128 valence electrons. The van der Waals surface area contributed by atoms with E-state index >= 15 is 0 Å². The lowest BCUT2D eigenvalue weighted by atomic mass is 10.2. The normalized spacial score (nSPS) is 12.9. The number of aromatic nitrogens is 2. The summed E-state index contributed by atoms with van der Waals surface area (Å²) >= 11 is 0. The lowest BCUT2D eigenvalue weighted by Crippen LogP contribution is -2.01. The van der Waals surface area contributed by atoms with Crippen molar-refractivity contribution >= 4 is 9.84 Å². The van der Waals surface area contributed by atoms with E-state index in [0.29, 0.717) is 17.9 Å². The SMILES string of the molecule is C/C=C\C(C)=C/Cc1nc(CF)cn1-c1ccc(S(C)(=O)=O)cc1. The molecule has 24 heavy (non-hydrogen) atoms. The average molecular weight is 348 g/mol. The topological polar surface area (TPSA) is 52.0 Å². The Labute approximate surface area is 142 Å². The van der Waals surface area contributed by atoms with E-state index in [9.17, 15) is 12.8 Å². The van der Waals surface area contributed by atoms with Crippen LogP contribution in [0.5, 0.6) is 0 Å². The van der Waals surface area contributed by atoms with Gasteiger partial charge in [-0.25, -0.2) is 17.8 Å². The minimum Gasteiger partial charge on any atom is -0.303 e. The number of allylic oxidation sites excluding steroid dienone is 4. The number of hydrogen-bond acceptors (Lipinski definition) is 3. The van der Waals surface area contributed by atoms with Crippen LogP contribution in [0.15, 0.2) is 59.2 Å². The van der Waals surface area contributed by atoms with Gasteiger partial charge in [-0.05, 0) is 38.1 Å². The predicted octanol–water partition coefficient (Wildman–Crippen LogP) is 3.81. The maximum absolute atomic E-state index is 13.0. The molecule has 0 unspecified atom stereocenters. The molecule has 0 aliphatic carbocycles. The second-order valence-electron chi connectivity index (χ2n) is 5.57. The van der Waals surface area contributed by atoms with Gasteiger partial charge in [0.05, 0.1) is 10.6 Å². The summed E-state index contributed by atoms with van der Waals surface area (Å²) in [4.78, 5) is 4.56. The first kappa shape index (κ1) is 18.1. The second kappa shape index (κ2) is 7.57. The summed E-state index contributed by atoms with van der Waals surface area (Å²) in [6.07, 6.45) is 9.33. The molecule has 0 atom stereocenters. The molecule has 0 spiro atoms. The molecule has 0 aliphatic rings. The van der Waals surface area contributed by atoms with Crippen LogP contribution in [0.3, 0.4) is 0 Å². The number of imidazole rings is 1. The third kappa shape index (κ3) is 4.41. The third-order valence-corrected chi connectivity index (χ3v) is 4.67. The Kier molecular flexibility index (Phi) is 5.72. The molecule has 1 aromatic heterocycles. The Hall–Kier alpha value is -2.21. The van der Waals surface area contributed by atoms with Gasteiger partial charge in [0.15, 0.2) is 9.84 Å². The number of nitrogens with zero attached hydrogens (tertiary/aromatic N) is 2. The molecular formula is C18H21FN2O2S. The minimum atomic E-state index is -3.24.